The summed E-state index contributed by atoms with van der Waals surface area (Å²) in [4.78, 5) is 16.0. The number of hydrogen-bond acceptors (Lipinski definition) is 3. The molecule has 110 valence electrons. The summed E-state index contributed by atoms with van der Waals surface area (Å²) in [7, 11) is 0. The zero-order valence-corrected chi connectivity index (χ0v) is 12.3. The van der Waals surface area contributed by atoms with Crippen LogP contribution in [0.15, 0.2) is 42.6 Å². The molecule has 0 fully saturated rings. The molecule has 0 bridgehead atoms. The average molecular weight is 284 g/mol. The van der Waals surface area contributed by atoms with Crippen LogP contribution in [0.1, 0.15) is 29.8 Å². The number of benzene rings is 1. The van der Waals surface area contributed by atoms with Gasteiger partial charge in [-0.2, -0.15) is 0 Å². The van der Waals surface area contributed by atoms with E-state index in [4.69, 9.17) is 5.73 Å². The molecule has 0 radical (unpaired) electrons. The molecule has 1 heterocycles. The quantitative estimate of drug-likeness (QED) is 0.807. The summed E-state index contributed by atoms with van der Waals surface area (Å²) < 4.78 is 0. The fourth-order valence-electron chi connectivity index (χ4n) is 1.83. The van der Waals surface area contributed by atoms with Gasteiger partial charge in [-0.1, -0.05) is 18.2 Å². The van der Waals surface area contributed by atoms with Crippen LogP contribution >= 0.6 is 0 Å². The molecule has 0 aliphatic heterocycles. The van der Waals surface area contributed by atoms with E-state index in [2.05, 4.69) is 15.6 Å². The van der Waals surface area contributed by atoms with Crippen molar-refractivity contribution in [2.45, 2.75) is 26.4 Å². The Morgan fingerprint density at radius 1 is 1.24 bits per heavy atom. The number of anilines is 1. The molecular weight excluding hydrogens is 264 g/mol. The number of urea groups is 1. The maximum Gasteiger partial charge on any atom is 0.319 e. The molecule has 4 N–H and O–H groups in total. The molecule has 1 aromatic heterocycles. The van der Waals surface area contributed by atoms with Crippen LogP contribution < -0.4 is 16.4 Å². The number of aryl methyl sites for hydroxylation is 1. The number of carbonyl (C=O) groups excluding carboxylic acids is 1. The minimum Gasteiger partial charge on any atom is -0.334 e. The summed E-state index contributed by atoms with van der Waals surface area (Å²) in [5, 5.41) is 5.57. The molecule has 1 aromatic carbocycles. The number of hydrogen-bond donors (Lipinski definition) is 3. The van der Waals surface area contributed by atoms with Crippen LogP contribution in [0.4, 0.5) is 10.5 Å². The lowest BCUT2D eigenvalue weighted by Gasteiger charge is -2.09. The fourth-order valence-corrected chi connectivity index (χ4v) is 1.83. The van der Waals surface area contributed by atoms with E-state index in [1.165, 1.54) is 0 Å². The molecule has 1 atom stereocenters. The van der Waals surface area contributed by atoms with Gasteiger partial charge in [-0.05, 0) is 43.2 Å². The largest absolute Gasteiger partial charge is 0.334 e. The number of pyridine rings is 1. The smallest absolute Gasteiger partial charge is 0.319 e. The highest BCUT2D eigenvalue weighted by atomic mass is 16.2. The minimum atomic E-state index is -0.246. The number of nitrogens with one attached hydrogen (secondary N) is 2. The molecule has 5 heteroatoms. The van der Waals surface area contributed by atoms with Crippen LogP contribution in [0.25, 0.3) is 0 Å². The topological polar surface area (TPSA) is 80.0 Å². The summed E-state index contributed by atoms with van der Waals surface area (Å²) in [6, 6.07) is 11.1. The van der Waals surface area contributed by atoms with Crippen LogP contribution in [-0.4, -0.2) is 11.0 Å². The van der Waals surface area contributed by atoms with E-state index in [0.29, 0.717) is 6.54 Å². The monoisotopic (exact) mass is 284 g/mol. The van der Waals surface area contributed by atoms with E-state index in [9.17, 15) is 4.79 Å². The van der Waals surface area contributed by atoms with Crippen LogP contribution in [0.3, 0.4) is 0 Å². The lowest BCUT2D eigenvalue weighted by Crippen LogP contribution is -2.28. The molecule has 0 spiro atoms. The number of nitrogens with two attached hydrogens (primary N) is 1. The Morgan fingerprint density at radius 3 is 2.52 bits per heavy atom. The van der Waals surface area contributed by atoms with Crippen molar-refractivity contribution in [1.29, 1.82) is 0 Å². The predicted octanol–water partition coefficient (Wildman–Crippen LogP) is 2.73. The van der Waals surface area contributed by atoms with Crippen LogP contribution in [0.2, 0.25) is 0 Å². The fraction of sp³-hybridized carbons (Fsp3) is 0.250. The van der Waals surface area contributed by atoms with E-state index in [1.807, 2.05) is 50.2 Å². The van der Waals surface area contributed by atoms with Crippen molar-refractivity contribution in [3.05, 3.63) is 59.4 Å². The third-order valence-electron chi connectivity index (χ3n) is 3.12. The van der Waals surface area contributed by atoms with Gasteiger partial charge in [-0.3, -0.25) is 4.98 Å². The highest BCUT2D eigenvalue weighted by Gasteiger charge is 2.03. The van der Waals surface area contributed by atoms with Gasteiger partial charge in [0.1, 0.15) is 0 Å². The van der Waals surface area contributed by atoms with Crippen molar-refractivity contribution in [2.75, 3.05) is 5.32 Å². The molecule has 5 nitrogen and oxygen atoms in total. The third-order valence-corrected chi connectivity index (χ3v) is 3.12. The van der Waals surface area contributed by atoms with Gasteiger partial charge in [-0.15, -0.1) is 0 Å². The first-order chi connectivity index (χ1) is 10.0. The second kappa shape index (κ2) is 6.85. The van der Waals surface area contributed by atoms with Crippen molar-refractivity contribution in [1.82, 2.24) is 10.3 Å². The van der Waals surface area contributed by atoms with Crippen molar-refractivity contribution < 1.29 is 4.79 Å². The van der Waals surface area contributed by atoms with Crippen molar-refractivity contribution >= 4 is 11.7 Å². The van der Waals surface area contributed by atoms with Crippen molar-refractivity contribution in [2.24, 2.45) is 5.73 Å². The first kappa shape index (κ1) is 15.0. The lowest BCUT2D eigenvalue weighted by molar-refractivity contribution is 0.251. The maximum atomic E-state index is 11.8. The van der Waals surface area contributed by atoms with E-state index in [1.54, 1.807) is 6.20 Å². The summed E-state index contributed by atoms with van der Waals surface area (Å²) >= 11 is 0. The number of rotatable bonds is 4. The molecule has 0 saturated carbocycles. The molecular formula is C16H20N4O. The summed E-state index contributed by atoms with van der Waals surface area (Å²) in [5.74, 6) is 0. The molecule has 2 aromatic rings. The summed E-state index contributed by atoms with van der Waals surface area (Å²) in [6.45, 7) is 4.29. The van der Waals surface area contributed by atoms with Crippen LogP contribution in [0, 0.1) is 6.92 Å². The Kier molecular flexibility index (Phi) is 4.90. The second-order valence-corrected chi connectivity index (χ2v) is 5.03. The van der Waals surface area contributed by atoms with Crippen LogP contribution in [0.5, 0.6) is 0 Å². The molecule has 21 heavy (non-hydrogen) atoms. The number of amides is 2. The van der Waals surface area contributed by atoms with Gasteiger partial charge in [0.2, 0.25) is 0 Å². The van der Waals surface area contributed by atoms with Gasteiger partial charge in [0, 0.05) is 30.2 Å². The molecule has 1 unspecified atom stereocenters. The Morgan fingerprint density at radius 2 is 1.95 bits per heavy atom. The molecule has 0 aliphatic rings. The number of aromatic nitrogens is 1. The van der Waals surface area contributed by atoms with E-state index < -0.39 is 0 Å². The van der Waals surface area contributed by atoms with Crippen molar-refractivity contribution in [3.8, 4) is 0 Å². The average Bonchev–Trinajstić information content (AvgIpc) is 2.47. The summed E-state index contributed by atoms with van der Waals surface area (Å²) in [6.07, 6.45) is 1.76. The number of carbonyl (C=O) groups is 1. The first-order valence-electron chi connectivity index (χ1n) is 6.86. The lowest BCUT2D eigenvalue weighted by atomic mass is 10.1. The Bertz CT molecular complexity index is 591. The molecule has 0 saturated heterocycles. The zero-order valence-electron chi connectivity index (χ0n) is 12.3. The highest BCUT2D eigenvalue weighted by molar-refractivity contribution is 5.89. The molecule has 0 aliphatic carbocycles. The highest BCUT2D eigenvalue weighted by Crippen LogP contribution is 2.14. The van der Waals surface area contributed by atoms with Gasteiger partial charge < -0.3 is 16.4 Å². The zero-order chi connectivity index (χ0) is 15.2. The Balaban J connectivity index is 1.85. The van der Waals surface area contributed by atoms with Gasteiger partial charge in [0.05, 0.1) is 0 Å². The van der Waals surface area contributed by atoms with E-state index in [-0.39, 0.29) is 12.1 Å². The number of nitrogens with zero attached hydrogens (tertiary/aromatic N) is 1. The standard InChI is InChI=1S/C16H20N4O/c1-11-3-4-13(9-18-11)10-19-16(21)20-15-7-5-14(6-8-15)12(2)17/h3-9,12H,10,17H2,1-2H3,(H2,19,20,21). The van der Waals surface area contributed by atoms with Gasteiger partial charge in [0.25, 0.3) is 0 Å². The van der Waals surface area contributed by atoms with E-state index >= 15 is 0 Å². The predicted molar refractivity (Wildman–Crippen MR) is 83.9 cm³/mol. The van der Waals surface area contributed by atoms with Gasteiger partial charge >= 0.3 is 6.03 Å². The Labute approximate surface area is 124 Å². The normalized spacial score (nSPS) is 11.8. The minimum absolute atomic E-state index is 0.0121. The molecule has 2 amide bonds. The second-order valence-electron chi connectivity index (χ2n) is 5.03. The maximum absolute atomic E-state index is 11.8. The first-order valence-corrected chi connectivity index (χ1v) is 6.86. The van der Waals surface area contributed by atoms with Crippen molar-refractivity contribution in [3.63, 3.8) is 0 Å². The summed E-state index contributed by atoms with van der Waals surface area (Å²) in [5.41, 5.74) is 9.47. The van der Waals surface area contributed by atoms with Crippen LogP contribution in [-0.2, 0) is 6.54 Å². The molecule has 2 rings (SSSR count). The SMILES string of the molecule is Cc1ccc(CNC(=O)Nc2ccc(C(C)N)cc2)cn1. The third kappa shape index (κ3) is 4.57. The van der Waals surface area contributed by atoms with Gasteiger partial charge in [-0.25, -0.2) is 4.79 Å². The Hall–Kier alpha value is -2.40. The van der Waals surface area contributed by atoms with E-state index in [0.717, 1.165) is 22.5 Å². The van der Waals surface area contributed by atoms with Gasteiger partial charge in [0.15, 0.2) is 0 Å².